The molecular formula is C15H24O2. The van der Waals surface area contributed by atoms with Crippen LogP contribution in [-0.4, -0.2) is 11.7 Å². The maximum Gasteiger partial charge on any atom is 0.125 e. The van der Waals surface area contributed by atoms with Crippen molar-refractivity contribution >= 4 is 0 Å². The van der Waals surface area contributed by atoms with E-state index in [1.807, 2.05) is 32.0 Å². The van der Waals surface area contributed by atoms with E-state index >= 15 is 0 Å². The molecular weight excluding hydrogens is 212 g/mol. The minimum Gasteiger partial charge on any atom is -0.493 e. The molecule has 2 heteroatoms. The molecule has 1 N–H and O–H groups in total. The van der Waals surface area contributed by atoms with Gasteiger partial charge in [-0.3, -0.25) is 0 Å². The first-order chi connectivity index (χ1) is 8.08. The van der Waals surface area contributed by atoms with Crippen molar-refractivity contribution < 1.29 is 9.84 Å². The summed E-state index contributed by atoms with van der Waals surface area (Å²) in [7, 11) is 0. The number of hydrogen-bond acceptors (Lipinski definition) is 2. The Bertz CT molecular complexity index is 347. The first kappa shape index (κ1) is 14.0. The molecule has 0 radical (unpaired) electrons. The van der Waals surface area contributed by atoms with Crippen molar-refractivity contribution in [2.75, 3.05) is 6.61 Å². The topological polar surface area (TPSA) is 29.5 Å². The molecule has 2 atom stereocenters. The molecule has 2 unspecified atom stereocenters. The predicted octanol–water partition coefficient (Wildman–Crippen LogP) is 3.86. The molecule has 0 aliphatic carbocycles. The summed E-state index contributed by atoms with van der Waals surface area (Å²) in [6.45, 7) is 8.95. The van der Waals surface area contributed by atoms with Gasteiger partial charge in [0.2, 0.25) is 0 Å². The molecule has 0 bridgehead atoms. The first-order valence-corrected chi connectivity index (χ1v) is 6.49. The summed E-state index contributed by atoms with van der Waals surface area (Å²) in [6.07, 6.45) is 1.46. The minimum atomic E-state index is -0.425. The Hall–Kier alpha value is -1.02. The number of aliphatic hydroxyl groups is 1. The van der Waals surface area contributed by atoms with Gasteiger partial charge in [0.05, 0.1) is 12.7 Å². The smallest absolute Gasteiger partial charge is 0.125 e. The van der Waals surface area contributed by atoms with Crippen molar-refractivity contribution in [3.63, 3.8) is 0 Å². The quantitative estimate of drug-likeness (QED) is 0.812. The van der Waals surface area contributed by atoms with Crippen LogP contribution in [0.5, 0.6) is 5.75 Å². The van der Waals surface area contributed by atoms with Crippen molar-refractivity contribution in [1.82, 2.24) is 0 Å². The highest BCUT2D eigenvalue weighted by molar-refractivity contribution is 5.38. The zero-order valence-corrected chi connectivity index (χ0v) is 11.4. The summed E-state index contributed by atoms with van der Waals surface area (Å²) < 4.78 is 5.57. The molecule has 1 aromatic carbocycles. The fourth-order valence-electron chi connectivity index (χ4n) is 1.89. The molecule has 0 aromatic heterocycles. The fourth-order valence-corrected chi connectivity index (χ4v) is 1.89. The molecule has 0 saturated heterocycles. The van der Waals surface area contributed by atoms with Gasteiger partial charge in [-0.05, 0) is 38.3 Å². The van der Waals surface area contributed by atoms with Crippen molar-refractivity contribution in [2.45, 2.75) is 46.6 Å². The van der Waals surface area contributed by atoms with Crippen LogP contribution in [0.2, 0.25) is 0 Å². The van der Waals surface area contributed by atoms with Gasteiger partial charge in [0.25, 0.3) is 0 Å². The SMILES string of the molecule is CCOc1ccc(C)cc1C(O)CC(C)CC. The number of hydrogen-bond donors (Lipinski definition) is 1. The summed E-state index contributed by atoms with van der Waals surface area (Å²) in [5.74, 6) is 1.34. The van der Waals surface area contributed by atoms with Gasteiger partial charge in [0, 0.05) is 5.56 Å². The molecule has 96 valence electrons. The van der Waals surface area contributed by atoms with E-state index in [0.29, 0.717) is 12.5 Å². The van der Waals surface area contributed by atoms with Gasteiger partial charge in [-0.2, -0.15) is 0 Å². The maximum atomic E-state index is 10.3. The van der Waals surface area contributed by atoms with Gasteiger partial charge < -0.3 is 9.84 Å². The van der Waals surface area contributed by atoms with Crippen molar-refractivity contribution in [3.05, 3.63) is 29.3 Å². The maximum absolute atomic E-state index is 10.3. The highest BCUT2D eigenvalue weighted by atomic mass is 16.5. The summed E-state index contributed by atoms with van der Waals surface area (Å²) in [5.41, 5.74) is 2.08. The van der Waals surface area contributed by atoms with E-state index in [2.05, 4.69) is 13.8 Å². The molecule has 1 aromatic rings. The summed E-state index contributed by atoms with van der Waals surface area (Å²) in [4.78, 5) is 0. The Morgan fingerprint density at radius 1 is 1.29 bits per heavy atom. The van der Waals surface area contributed by atoms with Crippen LogP contribution in [0.3, 0.4) is 0 Å². The van der Waals surface area contributed by atoms with E-state index in [4.69, 9.17) is 4.74 Å². The molecule has 0 spiro atoms. The van der Waals surface area contributed by atoms with Crippen LogP contribution < -0.4 is 4.74 Å². The second kappa shape index (κ2) is 6.65. The lowest BCUT2D eigenvalue weighted by Crippen LogP contribution is -2.07. The van der Waals surface area contributed by atoms with Gasteiger partial charge in [0.1, 0.15) is 5.75 Å². The van der Waals surface area contributed by atoms with Gasteiger partial charge in [0.15, 0.2) is 0 Å². The lowest BCUT2D eigenvalue weighted by Gasteiger charge is -2.19. The Balaban J connectivity index is 2.89. The Morgan fingerprint density at radius 2 is 2.00 bits per heavy atom. The van der Waals surface area contributed by atoms with Crippen LogP contribution >= 0.6 is 0 Å². The number of ether oxygens (including phenoxy) is 1. The van der Waals surface area contributed by atoms with Crippen molar-refractivity contribution in [1.29, 1.82) is 0 Å². The molecule has 0 amide bonds. The first-order valence-electron chi connectivity index (χ1n) is 6.49. The summed E-state index contributed by atoms with van der Waals surface area (Å²) in [5, 5.41) is 10.3. The van der Waals surface area contributed by atoms with Crippen molar-refractivity contribution in [2.24, 2.45) is 5.92 Å². The third-order valence-corrected chi connectivity index (χ3v) is 3.15. The monoisotopic (exact) mass is 236 g/mol. The summed E-state index contributed by atoms with van der Waals surface area (Å²) in [6, 6.07) is 6.00. The minimum absolute atomic E-state index is 0.425. The van der Waals surface area contributed by atoms with Crippen LogP contribution in [0.1, 0.15) is 50.8 Å². The molecule has 0 heterocycles. The molecule has 0 saturated carbocycles. The van der Waals surface area contributed by atoms with E-state index in [0.717, 1.165) is 29.7 Å². The second-order valence-corrected chi connectivity index (χ2v) is 4.74. The molecule has 17 heavy (non-hydrogen) atoms. The average Bonchev–Trinajstić information content (AvgIpc) is 2.31. The largest absolute Gasteiger partial charge is 0.493 e. The Labute approximate surface area is 105 Å². The van der Waals surface area contributed by atoms with Crippen LogP contribution in [0.4, 0.5) is 0 Å². The molecule has 0 aliphatic rings. The molecule has 0 aliphatic heterocycles. The molecule has 2 nitrogen and oxygen atoms in total. The van der Waals surface area contributed by atoms with Crippen LogP contribution in [0.15, 0.2) is 18.2 Å². The Morgan fingerprint density at radius 3 is 2.59 bits per heavy atom. The Kier molecular flexibility index (Phi) is 5.49. The van der Waals surface area contributed by atoms with E-state index in [1.54, 1.807) is 0 Å². The standard InChI is InChI=1S/C15H24O2/c1-5-11(3)10-14(16)13-9-12(4)7-8-15(13)17-6-2/h7-9,11,14,16H,5-6,10H2,1-4H3. The number of rotatable bonds is 6. The third-order valence-electron chi connectivity index (χ3n) is 3.15. The number of aliphatic hydroxyl groups excluding tert-OH is 1. The van der Waals surface area contributed by atoms with E-state index < -0.39 is 6.10 Å². The highest BCUT2D eigenvalue weighted by Crippen LogP contribution is 2.31. The van der Waals surface area contributed by atoms with E-state index in [9.17, 15) is 5.11 Å². The zero-order valence-electron chi connectivity index (χ0n) is 11.4. The highest BCUT2D eigenvalue weighted by Gasteiger charge is 2.16. The zero-order chi connectivity index (χ0) is 12.8. The fraction of sp³-hybridized carbons (Fsp3) is 0.600. The van der Waals surface area contributed by atoms with Gasteiger partial charge in [-0.15, -0.1) is 0 Å². The number of aryl methyl sites for hydroxylation is 1. The third kappa shape index (κ3) is 4.04. The molecule has 0 fully saturated rings. The normalized spacial score (nSPS) is 14.4. The van der Waals surface area contributed by atoms with Gasteiger partial charge in [-0.1, -0.05) is 31.9 Å². The predicted molar refractivity (Wildman–Crippen MR) is 71.4 cm³/mol. The van der Waals surface area contributed by atoms with E-state index in [1.165, 1.54) is 0 Å². The summed E-state index contributed by atoms with van der Waals surface area (Å²) >= 11 is 0. The van der Waals surface area contributed by atoms with Crippen LogP contribution in [-0.2, 0) is 0 Å². The number of benzene rings is 1. The molecule has 1 rings (SSSR count). The lowest BCUT2D eigenvalue weighted by molar-refractivity contribution is 0.142. The van der Waals surface area contributed by atoms with E-state index in [-0.39, 0.29) is 0 Å². The van der Waals surface area contributed by atoms with Crippen molar-refractivity contribution in [3.8, 4) is 5.75 Å². The second-order valence-electron chi connectivity index (χ2n) is 4.74. The van der Waals surface area contributed by atoms with Gasteiger partial charge >= 0.3 is 0 Å². The van der Waals surface area contributed by atoms with Crippen LogP contribution in [0, 0.1) is 12.8 Å². The van der Waals surface area contributed by atoms with Gasteiger partial charge in [-0.25, -0.2) is 0 Å². The van der Waals surface area contributed by atoms with Crippen LogP contribution in [0.25, 0.3) is 0 Å². The average molecular weight is 236 g/mol. The lowest BCUT2D eigenvalue weighted by atomic mass is 9.95.